The lowest BCUT2D eigenvalue weighted by molar-refractivity contribution is 0.474. The van der Waals surface area contributed by atoms with Gasteiger partial charge in [0.2, 0.25) is 0 Å². The Hall–Kier alpha value is -1.06. The van der Waals surface area contributed by atoms with E-state index in [1.165, 1.54) is 6.33 Å². The van der Waals surface area contributed by atoms with E-state index >= 15 is 0 Å². The summed E-state index contributed by atoms with van der Waals surface area (Å²) < 4.78 is 1.71. The highest BCUT2D eigenvalue weighted by atomic mass is 16.1. The van der Waals surface area contributed by atoms with E-state index in [0.717, 1.165) is 6.42 Å². The third-order valence-electron chi connectivity index (χ3n) is 1.59. The molecule has 0 amide bonds. The molecule has 0 aliphatic rings. The van der Waals surface area contributed by atoms with Crippen molar-refractivity contribution in [2.75, 3.05) is 0 Å². The Balaban J connectivity index is 2.84. The summed E-state index contributed by atoms with van der Waals surface area (Å²) in [4.78, 5) is 14.1. The summed E-state index contributed by atoms with van der Waals surface area (Å²) in [6, 6.07) is 0.329. The molecule has 0 radical (unpaired) electrons. The molecule has 0 aliphatic heterocycles. The minimum Gasteiger partial charge on any atom is -0.270 e. The van der Waals surface area contributed by atoms with Gasteiger partial charge in [0.25, 0.3) is 0 Å². The molecule has 1 N–H and O–H groups in total. The molecule has 0 aliphatic carbocycles. The van der Waals surface area contributed by atoms with Gasteiger partial charge in [0.15, 0.2) is 0 Å². The van der Waals surface area contributed by atoms with E-state index in [1.807, 2.05) is 6.92 Å². The Morgan fingerprint density at radius 1 is 1.90 bits per heavy atom. The van der Waals surface area contributed by atoms with E-state index in [2.05, 4.69) is 17.0 Å². The summed E-state index contributed by atoms with van der Waals surface area (Å²) in [5, 5.41) is 2.58. The van der Waals surface area contributed by atoms with Gasteiger partial charge in [-0.15, -0.1) is 0 Å². The maximum atomic E-state index is 10.5. The molecule has 1 atom stereocenters. The molecule has 1 heterocycles. The molecule has 0 saturated heterocycles. The van der Waals surface area contributed by atoms with Gasteiger partial charge in [-0.05, 0) is 13.3 Å². The third-order valence-corrected chi connectivity index (χ3v) is 1.59. The molecule has 4 nitrogen and oxygen atoms in total. The molecule has 1 unspecified atom stereocenters. The first kappa shape index (κ1) is 7.05. The Morgan fingerprint density at radius 2 is 2.60 bits per heavy atom. The van der Waals surface area contributed by atoms with Crippen molar-refractivity contribution in [3.63, 3.8) is 0 Å². The van der Waals surface area contributed by atoms with Crippen LogP contribution in [0, 0.1) is 0 Å². The maximum Gasteiger partial charge on any atom is 0.361 e. The number of nitrogens with zero attached hydrogens (tertiary/aromatic N) is 2. The van der Waals surface area contributed by atoms with Gasteiger partial charge in [-0.25, -0.2) is 9.89 Å². The second-order valence-electron chi connectivity index (χ2n) is 2.33. The number of rotatable bonds is 2. The first-order valence-corrected chi connectivity index (χ1v) is 3.37. The highest BCUT2D eigenvalue weighted by molar-refractivity contribution is 4.64. The number of nitrogens with one attached hydrogen (secondary N) is 1. The fourth-order valence-corrected chi connectivity index (χ4v) is 0.704. The van der Waals surface area contributed by atoms with Gasteiger partial charge in [0.1, 0.15) is 6.33 Å². The predicted molar refractivity (Wildman–Crippen MR) is 37.8 cm³/mol. The van der Waals surface area contributed by atoms with Crippen molar-refractivity contribution in [3.05, 3.63) is 16.8 Å². The smallest absolute Gasteiger partial charge is 0.270 e. The largest absolute Gasteiger partial charge is 0.361 e. The number of hydrogen-bond acceptors (Lipinski definition) is 2. The van der Waals surface area contributed by atoms with Gasteiger partial charge in [0, 0.05) is 6.04 Å². The zero-order chi connectivity index (χ0) is 7.56. The van der Waals surface area contributed by atoms with Crippen molar-refractivity contribution in [3.8, 4) is 0 Å². The van der Waals surface area contributed by atoms with E-state index in [4.69, 9.17) is 0 Å². The standard InChI is InChI=1S/C6H11N3O/c1-3-5(2)9-4-7-6(10)8-9/h4-5H,3H2,1-2H3,(H,8,10). The second kappa shape index (κ2) is 2.68. The SMILES string of the molecule is CCC(C)n1cnc(=O)[nH]1. The van der Waals surface area contributed by atoms with Crippen molar-refractivity contribution in [2.24, 2.45) is 0 Å². The van der Waals surface area contributed by atoms with Crippen LogP contribution in [0.2, 0.25) is 0 Å². The zero-order valence-electron chi connectivity index (χ0n) is 6.16. The van der Waals surface area contributed by atoms with Crippen LogP contribution in [0.1, 0.15) is 26.3 Å². The molecule has 1 aromatic rings. The summed E-state index contributed by atoms with van der Waals surface area (Å²) in [7, 11) is 0. The maximum absolute atomic E-state index is 10.5. The van der Waals surface area contributed by atoms with Gasteiger partial charge in [-0.2, -0.15) is 4.98 Å². The average Bonchev–Trinajstić information content (AvgIpc) is 2.34. The minimum atomic E-state index is -0.277. The van der Waals surface area contributed by atoms with Crippen LogP contribution >= 0.6 is 0 Å². The molecular weight excluding hydrogens is 130 g/mol. The van der Waals surface area contributed by atoms with E-state index in [9.17, 15) is 4.79 Å². The van der Waals surface area contributed by atoms with Gasteiger partial charge in [-0.3, -0.25) is 4.68 Å². The number of aromatic nitrogens is 3. The average molecular weight is 141 g/mol. The molecule has 1 rings (SSSR count). The highest BCUT2D eigenvalue weighted by Gasteiger charge is 2.00. The number of aromatic amines is 1. The monoisotopic (exact) mass is 141 g/mol. The van der Waals surface area contributed by atoms with Crippen molar-refractivity contribution < 1.29 is 0 Å². The summed E-state index contributed by atoms with van der Waals surface area (Å²) >= 11 is 0. The first-order valence-electron chi connectivity index (χ1n) is 3.37. The fourth-order valence-electron chi connectivity index (χ4n) is 0.704. The van der Waals surface area contributed by atoms with E-state index in [1.54, 1.807) is 4.68 Å². The summed E-state index contributed by atoms with van der Waals surface area (Å²) in [5.41, 5.74) is -0.277. The Kier molecular flexibility index (Phi) is 1.89. The number of hydrogen-bond donors (Lipinski definition) is 1. The first-order chi connectivity index (χ1) is 4.74. The molecule has 0 spiro atoms. The van der Waals surface area contributed by atoms with Crippen LogP contribution < -0.4 is 5.69 Å². The fraction of sp³-hybridized carbons (Fsp3) is 0.667. The minimum absolute atomic E-state index is 0.277. The van der Waals surface area contributed by atoms with Crippen LogP contribution in [-0.4, -0.2) is 14.8 Å². The van der Waals surface area contributed by atoms with E-state index in [-0.39, 0.29) is 5.69 Å². The quantitative estimate of drug-likeness (QED) is 0.653. The van der Waals surface area contributed by atoms with Gasteiger partial charge in [-0.1, -0.05) is 6.92 Å². The van der Waals surface area contributed by atoms with Gasteiger partial charge < -0.3 is 0 Å². The number of H-pyrrole nitrogens is 1. The molecule has 0 saturated carbocycles. The lowest BCUT2D eigenvalue weighted by Gasteiger charge is -2.06. The molecule has 0 bridgehead atoms. The molecular formula is C6H11N3O. The Morgan fingerprint density at radius 3 is 3.00 bits per heavy atom. The Bertz CT molecular complexity index is 249. The second-order valence-corrected chi connectivity index (χ2v) is 2.33. The van der Waals surface area contributed by atoms with Crippen LogP contribution in [0.5, 0.6) is 0 Å². The third kappa shape index (κ3) is 1.26. The van der Waals surface area contributed by atoms with Crippen molar-refractivity contribution in [1.82, 2.24) is 14.8 Å². The summed E-state index contributed by atoms with van der Waals surface area (Å²) in [6.45, 7) is 4.08. The molecule has 10 heavy (non-hydrogen) atoms. The normalized spacial score (nSPS) is 13.4. The van der Waals surface area contributed by atoms with Gasteiger partial charge in [0.05, 0.1) is 0 Å². The van der Waals surface area contributed by atoms with E-state index in [0.29, 0.717) is 6.04 Å². The molecule has 56 valence electrons. The van der Waals surface area contributed by atoms with Crippen LogP contribution in [0.4, 0.5) is 0 Å². The van der Waals surface area contributed by atoms with Crippen LogP contribution in [-0.2, 0) is 0 Å². The lowest BCUT2D eigenvalue weighted by atomic mass is 10.3. The predicted octanol–water partition coefficient (Wildman–Crippen LogP) is 0.542. The zero-order valence-corrected chi connectivity index (χ0v) is 6.16. The van der Waals surface area contributed by atoms with Crippen LogP contribution in [0.25, 0.3) is 0 Å². The lowest BCUT2D eigenvalue weighted by Crippen LogP contribution is -2.09. The topological polar surface area (TPSA) is 50.7 Å². The molecule has 0 aromatic carbocycles. The summed E-state index contributed by atoms with van der Waals surface area (Å²) in [6.07, 6.45) is 2.52. The van der Waals surface area contributed by atoms with Crippen molar-refractivity contribution in [1.29, 1.82) is 0 Å². The van der Waals surface area contributed by atoms with Crippen molar-refractivity contribution >= 4 is 0 Å². The molecule has 4 heteroatoms. The molecule has 0 fully saturated rings. The highest BCUT2D eigenvalue weighted by Crippen LogP contribution is 2.03. The van der Waals surface area contributed by atoms with Crippen LogP contribution in [0.15, 0.2) is 11.1 Å². The molecule has 1 aromatic heterocycles. The van der Waals surface area contributed by atoms with Crippen LogP contribution in [0.3, 0.4) is 0 Å². The van der Waals surface area contributed by atoms with Gasteiger partial charge >= 0.3 is 5.69 Å². The Labute approximate surface area is 58.9 Å². The van der Waals surface area contributed by atoms with Crippen molar-refractivity contribution in [2.45, 2.75) is 26.3 Å². The summed E-state index contributed by atoms with van der Waals surface area (Å²) in [5.74, 6) is 0. The van der Waals surface area contributed by atoms with E-state index < -0.39 is 0 Å².